The molecule has 5 aliphatic rings. The van der Waals surface area contributed by atoms with E-state index in [0.717, 1.165) is 24.9 Å². The van der Waals surface area contributed by atoms with Crippen molar-refractivity contribution in [3.8, 4) is 5.75 Å². The zero-order valence-electron chi connectivity index (χ0n) is 17.6. The van der Waals surface area contributed by atoms with E-state index >= 15 is 4.39 Å². The van der Waals surface area contributed by atoms with Gasteiger partial charge < -0.3 is 15.2 Å². The normalized spacial score (nSPS) is 41.4. The number of halogens is 1. The van der Waals surface area contributed by atoms with E-state index in [1.165, 1.54) is 0 Å². The summed E-state index contributed by atoms with van der Waals surface area (Å²) in [6.07, 6.45) is 2.41. The van der Waals surface area contributed by atoms with Gasteiger partial charge in [0, 0.05) is 12.0 Å². The molecule has 3 amide bonds. The molecule has 5 unspecified atom stereocenters. The Labute approximate surface area is 180 Å². The Morgan fingerprint density at radius 3 is 2.74 bits per heavy atom. The van der Waals surface area contributed by atoms with Crippen LogP contribution in [0.1, 0.15) is 55.8 Å². The van der Waals surface area contributed by atoms with Crippen molar-refractivity contribution in [1.29, 1.82) is 0 Å². The van der Waals surface area contributed by atoms with Crippen LogP contribution in [0.4, 0.5) is 9.18 Å². The van der Waals surface area contributed by atoms with E-state index in [9.17, 15) is 14.7 Å². The van der Waals surface area contributed by atoms with Gasteiger partial charge in [-0.1, -0.05) is 6.07 Å². The Morgan fingerprint density at radius 1 is 1.26 bits per heavy atom. The number of hydrogen-bond acceptors (Lipinski definition) is 5. The van der Waals surface area contributed by atoms with Crippen LogP contribution in [0.5, 0.6) is 5.75 Å². The minimum Gasteiger partial charge on any atom is -0.497 e. The van der Waals surface area contributed by atoms with E-state index in [1.54, 1.807) is 19.2 Å². The molecule has 2 bridgehead atoms. The van der Waals surface area contributed by atoms with Crippen molar-refractivity contribution in [2.45, 2.75) is 67.3 Å². The van der Waals surface area contributed by atoms with Gasteiger partial charge in [0.15, 0.2) is 0 Å². The summed E-state index contributed by atoms with van der Waals surface area (Å²) in [5, 5.41) is 17.5. The molecule has 5 atom stereocenters. The zero-order valence-corrected chi connectivity index (χ0v) is 17.6. The topological polar surface area (TPSA) is 90.9 Å². The monoisotopic (exact) mass is 429 g/mol. The minimum absolute atomic E-state index is 0.254. The van der Waals surface area contributed by atoms with Gasteiger partial charge in [-0.15, -0.1) is 0 Å². The molecule has 2 heterocycles. The second-order valence-electron chi connectivity index (χ2n) is 10.2. The number of carbonyl (C=O) groups excluding carboxylic acids is 2. The van der Waals surface area contributed by atoms with Crippen LogP contribution >= 0.6 is 0 Å². The average Bonchev–Trinajstić information content (AvgIpc) is 3.51. The molecule has 2 aliphatic heterocycles. The third-order valence-corrected chi connectivity index (χ3v) is 8.63. The maximum absolute atomic E-state index is 16.1. The van der Waals surface area contributed by atoms with Crippen molar-refractivity contribution in [2.75, 3.05) is 20.2 Å². The molecule has 166 valence electrons. The number of hydrogen-bond donors (Lipinski definition) is 3. The first-order chi connectivity index (χ1) is 14.8. The van der Waals surface area contributed by atoms with Crippen LogP contribution in [0.2, 0.25) is 0 Å². The lowest BCUT2D eigenvalue weighted by Gasteiger charge is -2.66. The summed E-state index contributed by atoms with van der Waals surface area (Å²) < 4.78 is 21.6. The Kier molecular flexibility index (Phi) is 3.89. The average molecular weight is 429 g/mol. The van der Waals surface area contributed by atoms with Gasteiger partial charge in [0.2, 0.25) is 0 Å². The fourth-order valence-electron chi connectivity index (χ4n) is 6.95. The van der Waals surface area contributed by atoms with Crippen LogP contribution in [-0.4, -0.2) is 59.3 Å². The Balaban J connectivity index is 1.53. The molecule has 1 aromatic rings. The van der Waals surface area contributed by atoms with Gasteiger partial charge in [-0.25, -0.2) is 9.18 Å². The van der Waals surface area contributed by atoms with Crippen molar-refractivity contribution in [2.24, 2.45) is 5.92 Å². The third kappa shape index (κ3) is 2.46. The third-order valence-electron chi connectivity index (χ3n) is 8.63. The number of amides is 3. The summed E-state index contributed by atoms with van der Waals surface area (Å²) in [6.45, 7) is 1.46. The molecule has 1 aromatic carbocycles. The van der Waals surface area contributed by atoms with Crippen LogP contribution in [0.15, 0.2) is 18.2 Å². The van der Waals surface area contributed by atoms with Crippen molar-refractivity contribution in [1.82, 2.24) is 15.5 Å². The van der Waals surface area contributed by atoms with Gasteiger partial charge in [-0.05, 0) is 74.2 Å². The highest BCUT2D eigenvalue weighted by atomic mass is 19.1. The van der Waals surface area contributed by atoms with Gasteiger partial charge in [0.25, 0.3) is 5.91 Å². The number of carbonyl (C=O) groups is 2. The van der Waals surface area contributed by atoms with Crippen LogP contribution in [0, 0.1) is 5.92 Å². The summed E-state index contributed by atoms with van der Waals surface area (Å²) in [5.74, 6) is 0.828. The molecule has 0 radical (unpaired) electrons. The molecule has 0 aromatic heterocycles. The lowest BCUT2D eigenvalue weighted by atomic mass is 9.46. The van der Waals surface area contributed by atoms with Gasteiger partial charge in [-0.2, -0.15) is 0 Å². The number of ether oxygens (including phenoxy) is 1. The summed E-state index contributed by atoms with van der Waals surface area (Å²) in [7, 11) is 1.56. The van der Waals surface area contributed by atoms with E-state index in [-0.39, 0.29) is 18.7 Å². The second kappa shape index (κ2) is 6.19. The zero-order chi connectivity index (χ0) is 21.6. The molecule has 8 heteroatoms. The van der Waals surface area contributed by atoms with Crippen LogP contribution in [-0.2, 0) is 10.2 Å². The molecule has 1 spiro atoms. The molecular weight excluding hydrogens is 401 g/mol. The lowest BCUT2D eigenvalue weighted by Crippen LogP contribution is -2.76. The Bertz CT molecular complexity index is 984. The van der Waals surface area contributed by atoms with Gasteiger partial charge in [-0.3, -0.25) is 15.0 Å². The number of alkyl halides is 1. The molecule has 3 aliphatic carbocycles. The van der Waals surface area contributed by atoms with E-state index in [0.29, 0.717) is 36.6 Å². The SMILES string of the molecule is COc1ccc2c(c1)C13CCN(CC4CC4)C(C2F)C1(O)CCC1(C3)NC(=O)NC1=O. The number of nitrogens with zero attached hydrogens (tertiary/aromatic N) is 1. The minimum atomic E-state index is -1.32. The highest BCUT2D eigenvalue weighted by molar-refractivity contribution is 6.07. The quantitative estimate of drug-likeness (QED) is 0.639. The molecule has 7 nitrogen and oxygen atoms in total. The largest absolute Gasteiger partial charge is 0.497 e. The van der Waals surface area contributed by atoms with Crippen LogP contribution in [0.3, 0.4) is 0 Å². The van der Waals surface area contributed by atoms with Crippen LogP contribution in [0.25, 0.3) is 0 Å². The second-order valence-corrected chi connectivity index (χ2v) is 10.2. The van der Waals surface area contributed by atoms with Crippen molar-refractivity contribution in [3.63, 3.8) is 0 Å². The molecule has 2 saturated carbocycles. The number of likely N-dealkylation sites (tertiary alicyclic amines) is 1. The van der Waals surface area contributed by atoms with Gasteiger partial charge >= 0.3 is 6.03 Å². The molecule has 6 rings (SSSR count). The summed E-state index contributed by atoms with van der Waals surface area (Å²) in [6, 6.07) is 4.20. The maximum atomic E-state index is 16.1. The smallest absolute Gasteiger partial charge is 0.322 e. The number of piperidine rings is 1. The van der Waals surface area contributed by atoms with E-state index in [1.807, 2.05) is 6.07 Å². The van der Waals surface area contributed by atoms with E-state index in [4.69, 9.17) is 4.74 Å². The van der Waals surface area contributed by atoms with Crippen molar-refractivity contribution in [3.05, 3.63) is 29.3 Å². The number of rotatable bonds is 3. The molecule has 4 fully saturated rings. The fraction of sp³-hybridized carbons (Fsp3) is 0.652. The standard InChI is InChI=1S/C23H28FN3O4/c1-31-14-4-5-15-16(10-14)21-8-9-27(11-13-2-3-13)18(17(15)24)23(21,30)7-6-22(12-21)19(28)25-20(29)26-22/h4-5,10,13,17-18,30H,2-3,6-9,11-12H2,1H3,(H2,25,26,28,29). The predicted octanol–water partition coefficient (Wildman–Crippen LogP) is 1.93. The number of imide groups is 1. The molecular formula is C23H28FN3O4. The maximum Gasteiger partial charge on any atom is 0.322 e. The number of benzene rings is 1. The van der Waals surface area contributed by atoms with Gasteiger partial charge in [0.1, 0.15) is 17.5 Å². The first kappa shape index (κ1) is 19.5. The van der Waals surface area contributed by atoms with Gasteiger partial charge in [0.05, 0.1) is 18.8 Å². The van der Waals surface area contributed by atoms with E-state index in [2.05, 4.69) is 15.5 Å². The lowest BCUT2D eigenvalue weighted by molar-refractivity contribution is -0.198. The molecule has 31 heavy (non-hydrogen) atoms. The number of nitrogens with one attached hydrogen (secondary N) is 2. The van der Waals surface area contributed by atoms with Crippen molar-refractivity contribution >= 4 is 11.9 Å². The Morgan fingerprint density at radius 2 is 2.06 bits per heavy atom. The summed E-state index contributed by atoms with van der Waals surface area (Å²) >= 11 is 0. The predicted molar refractivity (Wildman–Crippen MR) is 109 cm³/mol. The highest BCUT2D eigenvalue weighted by Gasteiger charge is 2.71. The highest BCUT2D eigenvalue weighted by Crippen LogP contribution is 2.63. The Hall–Kier alpha value is -2.19. The van der Waals surface area contributed by atoms with Crippen LogP contribution < -0.4 is 15.4 Å². The number of methoxy groups -OCH3 is 1. The summed E-state index contributed by atoms with van der Waals surface area (Å²) in [5.41, 5.74) is -1.94. The van der Waals surface area contributed by atoms with Crippen molar-refractivity contribution < 1.29 is 23.8 Å². The number of aliphatic hydroxyl groups is 1. The molecule has 3 N–H and O–H groups in total. The number of urea groups is 1. The first-order valence-electron chi connectivity index (χ1n) is 11.2. The first-order valence-corrected chi connectivity index (χ1v) is 11.2. The molecule has 2 saturated heterocycles. The summed E-state index contributed by atoms with van der Waals surface area (Å²) in [4.78, 5) is 27.0. The van der Waals surface area contributed by atoms with E-state index < -0.39 is 34.8 Å². The fourth-order valence-corrected chi connectivity index (χ4v) is 6.95. The number of fused-ring (bicyclic) bond motifs is 1.